The van der Waals surface area contributed by atoms with Crippen molar-refractivity contribution in [2.45, 2.75) is 51.0 Å². The summed E-state index contributed by atoms with van der Waals surface area (Å²) >= 11 is 1.48. The van der Waals surface area contributed by atoms with Crippen LogP contribution in [-0.2, 0) is 0 Å². The molecule has 5 heteroatoms. The molecule has 3 rings (SSSR count). The lowest BCUT2D eigenvalue weighted by Gasteiger charge is -2.38. The lowest BCUT2D eigenvalue weighted by molar-refractivity contribution is 0.138. The molecule has 0 bridgehead atoms. The number of likely N-dealkylation sites (tertiary alicyclic amines) is 1. The van der Waals surface area contributed by atoms with Crippen molar-refractivity contribution in [3.05, 3.63) is 11.6 Å². The van der Waals surface area contributed by atoms with Gasteiger partial charge in [0, 0.05) is 24.2 Å². The third-order valence-electron chi connectivity index (χ3n) is 4.40. The molecule has 1 saturated heterocycles. The first-order chi connectivity index (χ1) is 9.34. The van der Waals surface area contributed by atoms with E-state index in [-0.39, 0.29) is 6.03 Å². The van der Waals surface area contributed by atoms with Crippen LogP contribution in [0.1, 0.15) is 44.9 Å². The van der Waals surface area contributed by atoms with Crippen molar-refractivity contribution in [2.24, 2.45) is 5.92 Å². The molecule has 1 aliphatic carbocycles. The molecule has 2 fully saturated rings. The Labute approximate surface area is 118 Å². The molecule has 19 heavy (non-hydrogen) atoms. The van der Waals surface area contributed by atoms with E-state index in [0.29, 0.717) is 11.2 Å². The Hall–Kier alpha value is -1.10. The normalized spacial score (nSPS) is 27.5. The number of hydrogen-bond donors (Lipinski definition) is 1. The van der Waals surface area contributed by atoms with Gasteiger partial charge in [0.05, 0.1) is 0 Å². The molecular weight excluding hydrogens is 258 g/mol. The van der Waals surface area contributed by atoms with Gasteiger partial charge in [-0.25, -0.2) is 9.78 Å². The van der Waals surface area contributed by atoms with Gasteiger partial charge in [0.2, 0.25) is 0 Å². The van der Waals surface area contributed by atoms with Gasteiger partial charge < -0.3 is 4.90 Å². The number of urea groups is 1. The number of carbonyl (C=O) groups is 1. The highest BCUT2D eigenvalue weighted by molar-refractivity contribution is 7.13. The third kappa shape index (κ3) is 2.91. The van der Waals surface area contributed by atoms with E-state index in [9.17, 15) is 4.79 Å². The van der Waals surface area contributed by atoms with E-state index in [1.165, 1.54) is 49.9 Å². The highest BCUT2D eigenvalue weighted by Gasteiger charge is 2.34. The van der Waals surface area contributed by atoms with E-state index < -0.39 is 0 Å². The summed E-state index contributed by atoms with van der Waals surface area (Å²) in [7, 11) is 0. The SMILES string of the molecule is O=C(Nc1nccs1)N1CCCC[C@H]2CCCC[C@@H]21. The van der Waals surface area contributed by atoms with Gasteiger partial charge >= 0.3 is 6.03 Å². The molecule has 104 valence electrons. The first-order valence-electron chi connectivity index (χ1n) is 7.32. The van der Waals surface area contributed by atoms with Crippen LogP contribution >= 0.6 is 11.3 Å². The van der Waals surface area contributed by atoms with Crippen LogP contribution < -0.4 is 5.32 Å². The standard InChI is InChI=1S/C14H21N3OS/c18-14(16-13-15-8-10-19-13)17-9-4-3-6-11-5-1-2-7-12(11)17/h8,10-12H,1-7,9H2,(H,15,16,18)/t11-,12+/m1/s1. The second-order valence-electron chi connectivity index (χ2n) is 5.57. The molecule has 1 aromatic heterocycles. The lowest BCUT2D eigenvalue weighted by Crippen LogP contribution is -2.47. The van der Waals surface area contributed by atoms with Crippen molar-refractivity contribution in [2.75, 3.05) is 11.9 Å². The monoisotopic (exact) mass is 279 g/mol. The molecule has 1 aromatic rings. The van der Waals surface area contributed by atoms with Crippen molar-refractivity contribution in [3.8, 4) is 0 Å². The van der Waals surface area contributed by atoms with Crippen molar-refractivity contribution in [1.82, 2.24) is 9.88 Å². The van der Waals surface area contributed by atoms with Crippen LogP contribution in [0.5, 0.6) is 0 Å². The maximum atomic E-state index is 12.5. The van der Waals surface area contributed by atoms with Gasteiger partial charge in [0.15, 0.2) is 5.13 Å². The minimum absolute atomic E-state index is 0.0498. The summed E-state index contributed by atoms with van der Waals surface area (Å²) in [4.78, 5) is 18.7. The van der Waals surface area contributed by atoms with Gasteiger partial charge in [-0.15, -0.1) is 11.3 Å². The van der Waals surface area contributed by atoms with Gasteiger partial charge in [-0.3, -0.25) is 5.32 Å². The van der Waals surface area contributed by atoms with Crippen LogP contribution in [0.25, 0.3) is 0 Å². The van der Waals surface area contributed by atoms with Gasteiger partial charge in [-0.05, 0) is 31.6 Å². The maximum Gasteiger partial charge on any atom is 0.323 e. The Kier molecular flexibility index (Phi) is 4.01. The molecule has 1 aliphatic heterocycles. The molecule has 0 radical (unpaired) electrons. The molecule has 0 aromatic carbocycles. The number of anilines is 1. The predicted octanol–water partition coefficient (Wildman–Crippen LogP) is 3.72. The summed E-state index contributed by atoms with van der Waals surface area (Å²) in [5, 5.41) is 5.55. The number of aromatic nitrogens is 1. The number of amides is 2. The fourth-order valence-electron chi connectivity index (χ4n) is 3.49. The van der Waals surface area contributed by atoms with Crippen LogP contribution in [0.4, 0.5) is 9.93 Å². The average Bonchev–Trinajstić information content (AvgIpc) is 2.83. The molecule has 2 heterocycles. The van der Waals surface area contributed by atoms with Gasteiger partial charge in [0.1, 0.15) is 0 Å². The zero-order valence-corrected chi connectivity index (χ0v) is 12.0. The van der Waals surface area contributed by atoms with Crippen LogP contribution in [0.2, 0.25) is 0 Å². The van der Waals surface area contributed by atoms with E-state index in [1.54, 1.807) is 6.20 Å². The fourth-order valence-corrected chi connectivity index (χ4v) is 4.01. The Morgan fingerprint density at radius 3 is 2.84 bits per heavy atom. The predicted molar refractivity (Wildman–Crippen MR) is 77.4 cm³/mol. The molecule has 1 N–H and O–H groups in total. The molecule has 2 amide bonds. The highest BCUT2D eigenvalue weighted by Crippen LogP contribution is 2.34. The van der Waals surface area contributed by atoms with Gasteiger partial charge in [0.25, 0.3) is 0 Å². The molecule has 2 atom stereocenters. The van der Waals surface area contributed by atoms with Crippen LogP contribution in [0.15, 0.2) is 11.6 Å². The quantitative estimate of drug-likeness (QED) is 0.851. The Morgan fingerprint density at radius 1 is 1.26 bits per heavy atom. The Morgan fingerprint density at radius 2 is 2.05 bits per heavy atom. The Bertz CT molecular complexity index is 420. The zero-order valence-electron chi connectivity index (χ0n) is 11.2. The summed E-state index contributed by atoms with van der Waals surface area (Å²) in [6.45, 7) is 0.901. The van der Waals surface area contributed by atoms with Crippen molar-refractivity contribution < 1.29 is 4.79 Å². The summed E-state index contributed by atoms with van der Waals surface area (Å²) in [6, 6.07) is 0.505. The number of fused-ring (bicyclic) bond motifs is 1. The van der Waals surface area contributed by atoms with Crippen LogP contribution in [0, 0.1) is 5.92 Å². The molecule has 0 unspecified atom stereocenters. The first kappa shape index (κ1) is 12.9. The smallest absolute Gasteiger partial charge is 0.321 e. The van der Waals surface area contributed by atoms with E-state index in [0.717, 1.165) is 18.9 Å². The van der Waals surface area contributed by atoms with Gasteiger partial charge in [-0.2, -0.15) is 0 Å². The third-order valence-corrected chi connectivity index (χ3v) is 5.09. The molecule has 4 nitrogen and oxygen atoms in total. The number of carbonyl (C=O) groups excluding carboxylic acids is 1. The van der Waals surface area contributed by atoms with Crippen LogP contribution in [-0.4, -0.2) is 28.5 Å². The van der Waals surface area contributed by atoms with Crippen LogP contribution in [0.3, 0.4) is 0 Å². The summed E-state index contributed by atoms with van der Waals surface area (Å²) < 4.78 is 0. The van der Waals surface area contributed by atoms with Gasteiger partial charge in [-0.1, -0.05) is 19.3 Å². The van der Waals surface area contributed by atoms with Crippen molar-refractivity contribution >= 4 is 22.5 Å². The largest absolute Gasteiger partial charge is 0.323 e. The van der Waals surface area contributed by atoms with Crippen molar-refractivity contribution in [1.29, 1.82) is 0 Å². The molecule has 2 aliphatic rings. The number of nitrogens with zero attached hydrogens (tertiary/aromatic N) is 2. The second kappa shape index (κ2) is 5.90. The summed E-state index contributed by atoms with van der Waals surface area (Å²) in [6.07, 6.45) is 10.5. The van der Waals surface area contributed by atoms with E-state index in [1.807, 2.05) is 5.38 Å². The lowest BCUT2D eigenvalue weighted by atomic mass is 9.82. The number of thiazole rings is 1. The second-order valence-corrected chi connectivity index (χ2v) is 6.46. The molecular formula is C14H21N3OS. The topological polar surface area (TPSA) is 45.2 Å². The minimum atomic E-state index is 0.0498. The fraction of sp³-hybridized carbons (Fsp3) is 0.714. The molecule has 0 spiro atoms. The van der Waals surface area contributed by atoms with E-state index >= 15 is 0 Å². The highest BCUT2D eigenvalue weighted by atomic mass is 32.1. The van der Waals surface area contributed by atoms with Crippen molar-refractivity contribution in [3.63, 3.8) is 0 Å². The zero-order chi connectivity index (χ0) is 13.1. The number of hydrogen-bond acceptors (Lipinski definition) is 3. The molecule has 1 saturated carbocycles. The number of nitrogens with one attached hydrogen (secondary N) is 1. The Balaban J connectivity index is 1.71. The summed E-state index contributed by atoms with van der Waals surface area (Å²) in [5.74, 6) is 0.721. The average molecular weight is 279 g/mol. The van der Waals surface area contributed by atoms with E-state index in [4.69, 9.17) is 0 Å². The minimum Gasteiger partial charge on any atom is -0.321 e. The summed E-state index contributed by atoms with van der Waals surface area (Å²) in [5.41, 5.74) is 0. The van der Waals surface area contributed by atoms with E-state index in [2.05, 4.69) is 15.2 Å². The first-order valence-corrected chi connectivity index (χ1v) is 8.19. The number of rotatable bonds is 1. The maximum absolute atomic E-state index is 12.5.